The molecule has 5 nitrogen and oxygen atoms in total. The van der Waals surface area contributed by atoms with Crippen LogP contribution in [0, 0.1) is 24.0 Å². The normalized spacial score (nSPS) is 9.29. The molecule has 14 heavy (non-hydrogen) atoms. The van der Waals surface area contributed by atoms with Gasteiger partial charge in [0.15, 0.2) is 0 Å². The number of aliphatic imine (C=N–C) groups is 1. The molecule has 0 unspecified atom stereocenters. The molecule has 0 bridgehead atoms. The summed E-state index contributed by atoms with van der Waals surface area (Å²) in [6.45, 7) is 3.29. The molecule has 72 valence electrons. The number of rotatable bonds is 2. The summed E-state index contributed by atoms with van der Waals surface area (Å²) >= 11 is 0. The number of isocyanates is 1. The molecule has 0 heterocycles. The van der Waals surface area contributed by atoms with Crippen LogP contribution in [-0.4, -0.2) is 11.0 Å². The molecule has 0 saturated heterocycles. The Kier molecular flexibility index (Phi) is 2.74. The lowest BCUT2D eigenvalue weighted by Crippen LogP contribution is -1.92. The average Bonchev–Trinajstić information content (AvgIpc) is 2.11. The summed E-state index contributed by atoms with van der Waals surface area (Å²) in [5.41, 5.74) is 1.40. The van der Waals surface area contributed by atoms with Gasteiger partial charge < -0.3 is 0 Å². The van der Waals surface area contributed by atoms with Crippen LogP contribution in [0.2, 0.25) is 0 Å². The van der Waals surface area contributed by atoms with Crippen molar-refractivity contribution in [2.75, 3.05) is 0 Å². The Balaban J connectivity index is 3.48. The van der Waals surface area contributed by atoms with E-state index in [4.69, 9.17) is 0 Å². The van der Waals surface area contributed by atoms with Crippen LogP contribution in [0.5, 0.6) is 0 Å². The first-order valence-electron chi connectivity index (χ1n) is 3.90. The van der Waals surface area contributed by atoms with Gasteiger partial charge in [-0.25, -0.2) is 4.79 Å². The van der Waals surface area contributed by atoms with E-state index in [2.05, 4.69) is 4.99 Å². The molecule has 1 rings (SSSR count). The zero-order chi connectivity index (χ0) is 10.7. The van der Waals surface area contributed by atoms with Crippen molar-refractivity contribution in [3.05, 3.63) is 33.4 Å². The molecule has 0 saturated carbocycles. The Morgan fingerprint density at radius 2 is 2.07 bits per heavy atom. The second-order valence-electron chi connectivity index (χ2n) is 2.84. The molecule has 0 atom stereocenters. The van der Waals surface area contributed by atoms with Gasteiger partial charge in [-0.1, -0.05) is 6.07 Å². The van der Waals surface area contributed by atoms with Crippen LogP contribution in [-0.2, 0) is 4.79 Å². The van der Waals surface area contributed by atoms with Gasteiger partial charge in [0.25, 0.3) is 5.69 Å². The molecule has 0 aliphatic carbocycles. The van der Waals surface area contributed by atoms with E-state index in [0.29, 0.717) is 11.3 Å². The summed E-state index contributed by atoms with van der Waals surface area (Å²) in [5.74, 6) is 0. The van der Waals surface area contributed by atoms with Gasteiger partial charge in [-0.2, -0.15) is 4.99 Å². The third-order valence-electron chi connectivity index (χ3n) is 1.96. The first-order valence-corrected chi connectivity index (χ1v) is 3.90. The summed E-state index contributed by atoms with van der Waals surface area (Å²) in [7, 11) is 0. The van der Waals surface area contributed by atoms with Gasteiger partial charge in [0.1, 0.15) is 0 Å². The summed E-state index contributed by atoms with van der Waals surface area (Å²) < 4.78 is 0. The summed E-state index contributed by atoms with van der Waals surface area (Å²) in [6.07, 6.45) is 1.38. The zero-order valence-corrected chi connectivity index (χ0v) is 7.77. The first kappa shape index (κ1) is 10.1. The molecule has 0 aromatic heterocycles. The zero-order valence-electron chi connectivity index (χ0n) is 7.77. The molecule has 0 N–H and O–H groups in total. The van der Waals surface area contributed by atoms with Crippen molar-refractivity contribution in [2.45, 2.75) is 13.8 Å². The maximum Gasteiger partial charge on any atom is 0.274 e. The van der Waals surface area contributed by atoms with E-state index < -0.39 is 4.92 Å². The Hall–Kier alpha value is -2.00. The minimum atomic E-state index is -0.501. The minimum Gasteiger partial charge on any atom is -0.258 e. The Labute approximate surface area is 80.2 Å². The summed E-state index contributed by atoms with van der Waals surface area (Å²) in [4.78, 5) is 23.6. The molecule has 1 aromatic rings. The molecule has 0 radical (unpaired) electrons. The fourth-order valence-electron chi connectivity index (χ4n) is 1.24. The van der Waals surface area contributed by atoms with Gasteiger partial charge in [-0.3, -0.25) is 10.1 Å². The summed E-state index contributed by atoms with van der Waals surface area (Å²) in [6, 6.07) is 2.95. The van der Waals surface area contributed by atoms with Crippen molar-refractivity contribution in [1.82, 2.24) is 0 Å². The molecule has 0 amide bonds. The highest BCUT2D eigenvalue weighted by atomic mass is 16.6. The lowest BCUT2D eigenvalue weighted by atomic mass is 10.1. The first-order chi connectivity index (χ1) is 6.57. The number of carbonyl (C=O) groups excluding carboxylic acids is 1. The van der Waals surface area contributed by atoms with Crippen molar-refractivity contribution >= 4 is 17.5 Å². The summed E-state index contributed by atoms with van der Waals surface area (Å²) in [5, 5.41) is 10.6. The standard InChI is InChI=1S/C9H8N2O3/c1-6-3-4-8(11(13)14)7(2)9(6)10-5-12/h3-4H,1-2H3. The quantitative estimate of drug-likeness (QED) is 0.312. The van der Waals surface area contributed by atoms with Crippen molar-refractivity contribution in [1.29, 1.82) is 0 Å². The van der Waals surface area contributed by atoms with Crippen molar-refractivity contribution in [3.63, 3.8) is 0 Å². The van der Waals surface area contributed by atoms with Crippen LogP contribution >= 0.6 is 0 Å². The van der Waals surface area contributed by atoms with E-state index in [-0.39, 0.29) is 5.69 Å². The van der Waals surface area contributed by atoms with E-state index in [1.54, 1.807) is 19.9 Å². The Bertz CT molecular complexity index is 434. The van der Waals surface area contributed by atoms with Crippen LogP contribution in [0.3, 0.4) is 0 Å². The average molecular weight is 192 g/mol. The predicted octanol–water partition coefficient (Wildman–Crippen LogP) is 2.18. The number of hydrogen-bond acceptors (Lipinski definition) is 4. The van der Waals surface area contributed by atoms with E-state index in [0.717, 1.165) is 5.56 Å². The number of benzene rings is 1. The monoisotopic (exact) mass is 192 g/mol. The van der Waals surface area contributed by atoms with E-state index in [9.17, 15) is 14.9 Å². The van der Waals surface area contributed by atoms with E-state index >= 15 is 0 Å². The fourth-order valence-corrected chi connectivity index (χ4v) is 1.24. The maximum absolute atomic E-state index is 10.6. The fraction of sp³-hybridized carbons (Fsp3) is 0.222. The number of nitro benzene ring substituents is 1. The van der Waals surface area contributed by atoms with Gasteiger partial charge in [-0.05, 0) is 19.4 Å². The smallest absolute Gasteiger partial charge is 0.258 e. The second kappa shape index (κ2) is 3.81. The predicted molar refractivity (Wildman–Crippen MR) is 50.4 cm³/mol. The number of nitro groups is 1. The molecule has 0 fully saturated rings. The van der Waals surface area contributed by atoms with Crippen LogP contribution in [0.25, 0.3) is 0 Å². The van der Waals surface area contributed by atoms with E-state index in [1.807, 2.05) is 0 Å². The van der Waals surface area contributed by atoms with Crippen molar-refractivity contribution < 1.29 is 9.72 Å². The molecular weight excluding hydrogens is 184 g/mol. The largest absolute Gasteiger partial charge is 0.274 e. The minimum absolute atomic E-state index is 0.0374. The van der Waals surface area contributed by atoms with Gasteiger partial charge in [0.2, 0.25) is 6.08 Å². The topological polar surface area (TPSA) is 72.6 Å². The lowest BCUT2D eigenvalue weighted by molar-refractivity contribution is -0.385. The number of hydrogen-bond donors (Lipinski definition) is 0. The number of nitrogens with zero attached hydrogens (tertiary/aromatic N) is 2. The molecule has 1 aromatic carbocycles. The van der Waals surface area contributed by atoms with Crippen molar-refractivity contribution in [3.8, 4) is 0 Å². The van der Waals surface area contributed by atoms with Crippen LogP contribution in [0.1, 0.15) is 11.1 Å². The van der Waals surface area contributed by atoms with Crippen LogP contribution in [0.4, 0.5) is 11.4 Å². The third-order valence-corrected chi connectivity index (χ3v) is 1.96. The maximum atomic E-state index is 10.6. The third kappa shape index (κ3) is 1.67. The lowest BCUT2D eigenvalue weighted by Gasteiger charge is -2.02. The highest BCUT2D eigenvalue weighted by Crippen LogP contribution is 2.30. The van der Waals surface area contributed by atoms with Gasteiger partial charge in [0, 0.05) is 6.07 Å². The van der Waals surface area contributed by atoms with Crippen LogP contribution in [0.15, 0.2) is 17.1 Å². The second-order valence-corrected chi connectivity index (χ2v) is 2.84. The SMILES string of the molecule is Cc1ccc([N+](=O)[O-])c(C)c1N=C=O. The highest BCUT2D eigenvalue weighted by Gasteiger charge is 2.14. The molecule has 5 heteroatoms. The molecular formula is C9H8N2O3. The van der Waals surface area contributed by atoms with Gasteiger partial charge in [0.05, 0.1) is 16.2 Å². The Morgan fingerprint density at radius 3 is 2.57 bits per heavy atom. The number of aryl methyl sites for hydroxylation is 1. The molecule has 0 aliphatic rings. The van der Waals surface area contributed by atoms with Gasteiger partial charge >= 0.3 is 0 Å². The highest BCUT2D eigenvalue weighted by molar-refractivity contribution is 5.64. The van der Waals surface area contributed by atoms with Crippen LogP contribution < -0.4 is 0 Å². The molecule has 0 aliphatic heterocycles. The Morgan fingerprint density at radius 1 is 1.43 bits per heavy atom. The van der Waals surface area contributed by atoms with Crippen molar-refractivity contribution in [2.24, 2.45) is 4.99 Å². The molecule has 0 spiro atoms. The van der Waals surface area contributed by atoms with Gasteiger partial charge in [-0.15, -0.1) is 0 Å². The van der Waals surface area contributed by atoms with E-state index in [1.165, 1.54) is 12.1 Å².